The molecule has 144 valence electrons. The Bertz CT molecular complexity index is 972. The molecule has 2 heterocycles. The number of hydrogen-bond donors (Lipinski definition) is 1. The second kappa shape index (κ2) is 6.43. The van der Waals surface area contributed by atoms with E-state index in [2.05, 4.69) is 15.3 Å². The van der Waals surface area contributed by atoms with E-state index in [4.69, 9.17) is 15.4 Å². The number of carbonyl (C=O) groups is 1. The molecule has 1 aliphatic heterocycles. The van der Waals surface area contributed by atoms with Crippen LogP contribution in [-0.2, 0) is 9.68 Å². The summed E-state index contributed by atoms with van der Waals surface area (Å²) in [6, 6.07) is 7.40. The molecule has 10 heteroatoms. The number of rotatable bonds is 6. The lowest BCUT2D eigenvalue weighted by molar-refractivity contribution is -0.262. The number of amidine groups is 1. The minimum Gasteiger partial charge on any atom is -0.386 e. The molecule has 0 aromatic carbocycles. The number of nitriles is 2. The zero-order valence-electron chi connectivity index (χ0n) is 15.8. The molecule has 28 heavy (non-hydrogen) atoms. The summed E-state index contributed by atoms with van der Waals surface area (Å²) in [5.74, 6) is -3.87. The van der Waals surface area contributed by atoms with Crippen LogP contribution in [0.2, 0.25) is 0 Å². The Morgan fingerprint density at radius 1 is 1.21 bits per heavy atom. The van der Waals surface area contributed by atoms with Gasteiger partial charge in [-0.15, -0.1) is 11.3 Å². The molecule has 0 bridgehead atoms. The third-order valence-corrected chi connectivity index (χ3v) is 5.54. The van der Waals surface area contributed by atoms with E-state index in [1.54, 1.807) is 45.2 Å². The van der Waals surface area contributed by atoms with Crippen LogP contribution in [0.5, 0.6) is 0 Å². The average Bonchev–Trinajstić information content (AvgIpc) is 2.93. The predicted molar refractivity (Wildman–Crippen MR) is 102 cm³/mol. The number of ketones is 1. The Kier molecular flexibility index (Phi) is 4.48. The number of nitrogens with zero attached hydrogens (tertiary/aromatic N) is 5. The quantitative estimate of drug-likeness (QED) is 0.337. The number of hydrogen-bond acceptors (Lipinski definition) is 10. The summed E-state index contributed by atoms with van der Waals surface area (Å²) in [5, 5.41) is 29.6. The Balaban J connectivity index is 2.20. The molecule has 2 aliphatic rings. The fourth-order valence-electron chi connectivity index (χ4n) is 3.49. The Hall–Kier alpha value is -3.24. The lowest BCUT2D eigenvalue weighted by Crippen LogP contribution is -2.42. The van der Waals surface area contributed by atoms with Crippen LogP contribution in [0.1, 0.15) is 37.4 Å². The number of thiophene rings is 1. The minimum absolute atomic E-state index is 0.209. The Morgan fingerprint density at radius 2 is 1.82 bits per heavy atom. The molecule has 0 radical (unpaired) electrons. The predicted octanol–water partition coefficient (Wildman–Crippen LogP) is 2.43. The highest BCUT2D eigenvalue weighted by Gasteiger charge is 2.97. The van der Waals surface area contributed by atoms with Crippen molar-refractivity contribution >= 4 is 34.4 Å². The number of fused-ring (bicyclic) bond motifs is 1. The van der Waals surface area contributed by atoms with E-state index in [9.17, 15) is 15.3 Å². The van der Waals surface area contributed by atoms with Gasteiger partial charge in [0.15, 0.2) is 11.2 Å². The normalized spacial score (nSPS) is 28.6. The number of carbonyl (C=O) groups excluding carboxylic acids is 1. The van der Waals surface area contributed by atoms with Gasteiger partial charge in [0, 0.05) is 0 Å². The summed E-state index contributed by atoms with van der Waals surface area (Å²) in [6.45, 7) is 6.67. The smallest absolute Gasteiger partial charge is 0.386 e. The first-order valence-corrected chi connectivity index (χ1v) is 9.25. The Morgan fingerprint density at radius 3 is 2.25 bits per heavy atom. The van der Waals surface area contributed by atoms with E-state index in [-0.39, 0.29) is 5.84 Å². The molecule has 3 rings (SSSR count). The van der Waals surface area contributed by atoms with Crippen molar-refractivity contribution in [1.29, 1.82) is 10.5 Å². The summed E-state index contributed by atoms with van der Waals surface area (Å²) >= 11 is 1.21. The molecule has 3 atom stereocenters. The molecule has 1 fully saturated rings. The maximum atomic E-state index is 13.1. The van der Waals surface area contributed by atoms with Crippen molar-refractivity contribution in [2.75, 3.05) is 0 Å². The van der Waals surface area contributed by atoms with Crippen LogP contribution in [0.3, 0.4) is 0 Å². The summed E-state index contributed by atoms with van der Waals surface area (Å²) in [4.78, 5) is 28.7. The van der Waals surface area contributed by atoms with Gasteiger partial charge in [0.05, 0.1) is 34.4 Å². The SMILES string of the molecule is CC(C)=NOC1(ON=C(C)C)N=C(N)C2(C#N)C(C(=O)c3cccs3)C12C#N. The average molecular weight is 398 g/mol. The van der Waals surface area contributed by atoms with E-state index in [1.165, 1.54) is 11.3 Å². The van der Waals surface area contributed by atoms with Crippen LogP contribution in [0, 0.1) is 39.4 Å². The maximum Gasteiger partial charge on any atom is 0.421 e. The molecule has 1 aromatic heterocycles. The fraction of sp³-hybridized carbons (Fsp3) is 0.444. The monoisotopic (exact) mass is 398 g/mol. The number of nitrogens with two attached hydrogens (primary N) is 1. The molecule has 9 nitrogen and oxygen atoms in total. The van der Waals surface area contributed by atoms with Crippen molar-refractivity contribution in [2.45, 2.75) is 33.6 Å². The van der Waals surface area contributed by atoms with Gasteiger partial charge in [-0.05, 0) is 39.1 Å². The number of Topliss-reactive ketones (excluding diaryl/α,β-unsaturated/α-hetero) is 1. The van der Waals surface area contributed by atoms with Crippen molar-refractivity contribution in [3.8, 4) is 12.1 Å². The molecule has 0 amide bonds. The molecule has 1 aliphatic carbocycles. The van der Waals surface area contributed by atoms with Crippen molar-refractivity contribution in [3.05, 3.63) is 22.4 Å². The molecular weight excluding hydrogens is 380 g/mol. The maximum absolute atomic E-state index is 13.1. The molecular formula is C18H18N6O3S. The second-order valence-electron chi connectivity index (χ2n) is 6.95. The Labute approximate surface area is 165 Å². The van der Waals surface area contributed by atoms with Gasteiger partial charge in [0.1, 0.15) is 5.84 Å². The molecule has 2 N–H and O–H groups in total. The first-order chi connectivity index (χ1) is 13.2. The van der Waals surface area contributed by atoms with E-state index in [0.717, 1.165) is 0 Å². The molecule has 3 unspecified atom stereocenters. The van der Waals surface area contributed by atoms with Crippen LogP contribution in [0.25, 0.3) is 0 Å². The third-order valence-electron chi connectivity index (χ3n) is 4.66. The van der Waals surface area contributed by atoms with Gasteiger partial charge in [0.2, 0.25) is 5.41 Å². The van der Waals surface area contributed by atoms with Crippen LogP contribution >= 0.6 is 11.3 Å². The van der Waals surface area contributed by atoms with Gasteiger partial charge in [0.25, 0.3) is 0 Å². The zero-order valence-corrected chi connectivity index (χ0v) is 16.6. The van der Waals surface area contributed by atoms with Gasteiger partial charge in [-0.3, -0.25) is 4.79 Å². The van der Waals surface area contributed by atoms with E-state index < -0.39 is 28.4 Å². The number of oxime groups is 2. The molecule has 0 saturated heterocycles. The second-order valence-corrected chi connectivity index (χ2v) is 7.90. The van der Waals surface area contributed by atoms with Gasteiger partial charge in [-0.2, -0.15) is 15.5 Å². The van der Waals surface area contributed by atoms with Crippen molar-refractivity contribution in [3.63, 3.8) is 0 Å². The molecule has 1 saturated carbocycles. The summed E-state index contributed by atoms with van der Waals surface area (Å²) in [5.41, 5.74) is 3.59. The largest absolute Gasteiger partial charge is 0.421 e. The van der Waals surface area contributed by atoms with Crippen molar-refractivity contribution in [1.82, 2.24) is 0 Å². The topological polar surface area (TPSA) is 146 Å². The van der Waals surface area contributed by atoms with Gasteiger partial charge >= 0.3 is 5.91 Å². The highest BCUT2D eigenvalue weighted by molar-refractivity contribution is 7.12. The summed E-state index contributed by atoms with van der Waals surface area (Å²) < 4.78 is 0. The highest BCUT2D eigenvalue weighted by atomic mass is 32.1. The zero-order chi connectivity index (χ0) is 20.7. The summed E-state index contributed by atoms with van der Waals surface area (Å²) in [6.07, 6.45) is 0. The molecule has 1 aromatic rings. The lowest BCUT2D eigenvalue weighted by Gasteiger charge is -2.27. The van der Waals surface area contributed by atoms with Gasteiger partial charge < -0.3 is 15.4 Å². The minimum atomic E-state index is -2.15. The van der Waals surface area contributed by atoms with Gasteiger partial charge in [-0.25, -0.2) is 0 Å². The van der Waals surface area contributed by atoms with Crippen LogP contribution < -0.4 is 5.73 Å². The standard InChI is InChI=1S/C18H18N6O3S/c1-10(2)23-26-18(27-24-11(3)4)17(9-20)14(13(25)12-6-5-7-28-12)16(17,8-19)15(21)22-18/h5-7,14H,1-4H3,(H2,21,22). The van der Waals surface area contributed by atoms with Crippen LogP contribution in [0.15, 0.2) is 32.8 Å². The first kappa shape index (κ1) is 19.5. The number of aliphatic imine (C=N–C) groups is 1. The van der Waals surface area contributed by atoms with Crippen molar-refractivity contribution < 1.29 is 14.5 Å². The fourth-order valence-corrected chi connectivity index (χ4v) is 4.18. The van der Waals surface area contributed by atoms with Crippen molar-refractivity contribution in [2.24, 2.45) is 37.8 Å². The first-order valence-electron chi connectivity index (χ1n) is 8.37. The summed E-state index contributed by atoms with van der Waals surface area (Å²) in [7, 11) is 0. The molecule has 0 spiro atoms. The van der Waals surface area contributed by atoms with Crippen LogP contribution in [0.4, 0.5) is 0 Å². The van der Waals surface area contributed by atoms with E-state index in [1.807, 2.05) is 12.1 Å². The van der Waals surface area contributed by atoms with Gasteiger partial charge in [-0.1, -0.05) is 16.4 Å². The van der Waals surface area contributed by atoms with E-state index in [0.29, 0.717) is 16.3 Å². The van der Waals surface area contributed by atoms with Crippen LogP contribution in [-0.4, -0.2) is 29.0 Å². The third kappa shape index (κ3) is 2.28. The van der Waals surface area contributed by atoms with E-state index >= 15 is 0 Å². The highest BCUT2D eigenvalue weighted by Crippen LogP contribution is 2.78. The lowest BCUT2D eigenvalue weighted by atomic mass is 9.94.